The van der Waals surface area contributed by atoms with Crippen LogP contribution in [-0.2, 0) is 19.1 Å². The van der Waals surface area contributed by atoms with E-state index in [9.17, 15) is 9.59 Å². The molecule has 0 bridgehead atoms. The van der Waals surface area contributed by atoms with Gasteiger partial charge in [0.15, 0.2) is 0 Å². The van der Waals surface area contributed by atoms with Crippen LogP contribution in [0.5, 0.6) is 0 Å². The summed E-state index contributed by atoms with van der Waals surface area (Å²) in [6.45, 7) is 7.35. The van der Waals surface area contributed by atoms with Crippen molar-refractivity contribution in [1.82, 2.24) is 0 Å². The van der Waals surface area contributed by atoms with Crippen molar-refractivity contribution in [2.45, 2.75) is 52.6 Å². The Bertz CT molecular complexity index is 473. The maximum Gasteiger partial charge on any atom is 0.354 e. The Morgan fingerprint density at radius 2 is 1.95 bits per heavy atom. The lowest BCUT2D eigenvalue weighted by Gasteiger charge is -2.18. The van der Waals surface area contributed by atoms with E-state index in [0.29, 0.717) is 24.1 Å². The fourth-order valence-electron chi connectivity index (χ4n) is 2.06. The number of nitrogens with two attached hydrogens (primary N) is 1. The van der Waals surface area contributed by atoms with Crippen LogP contribution in [0.1, 0.15) is 47.0 Å². The average molecular weight is 296 g/mol. The van der Waals surface area contributed by atoms with Gasteiger partial charge in [0.2, 0.25) is 0 Å². The third-order valence-corrected chi connectivity index (χ3v) is 2.83. The summed E-state index contributed by atoms with van der Waals surface area (Å²) in [5.41, 5.74) is 6.77. The highest BCUT2D eigenvalue weighted by Crippen LogP contribution is 2.24. The van der Waals surface area contributed by atoms with Crippen molar-refractivity contribution in [3.63, 3.8) is 0 Å². The van der Waals surface area contributed by atoms with Gasteiger partial charge in [-0.2, -0.15) is 0 Å². The molecule has 6 nitrogen and oxygen atoms in total. The van der Waals surface area contributed by atoms with E-state index in [1.54, 1.807) is 27.7 Å². The second-order valence-corrected chi connectivity index (χ2v) is 5.82. The topological polar surface area (TPSA) is 91.0 Å². The fraction of sp³-hybridized carbons (Fsp3) is 0.667. The van der Waals surface area contributed by atoms with Gasteiger partial charge in [0.25, 0.3) is 0 Å². The Morgan fingerprint density at radius 1 is 1.29 bits per heavy atom. The van der Waals surface area contributed by atoms with Crippen LogP contribution in [0.15, 0.2) is 16.3 Å². The molecule has 0 saturated heterocycles. The molecule has 1 saturated carbocycles. The Morgan fingerprint density at radius 3 is 2.52 bits per heavy atom. The molecule has 0 radical (unpaired) electrons. The number of esters is 2. The SMILES string of the molecule is CCOC(=O)C(N)=C1CCCC1=NCC(=O)OC(C)(C)C. The molecular formula is C15H24N2O4. The molecule has 0 amide bonds. The highest BCUT2D eigenvalue weighted by atomic mass is 16.6. The van der Waals surface area contributed by atoms with Crippen molar-refractivity contribution in [1.29, 1.82) is 0 Å². The van der Waals surface area contributed by atoms with Crippen LogP contribution < -0.4 is 5.73 Å². The largest absolute Gasteiger partial charge is 0.461 e. The van der Waals surface area contributed by atoms with Crippen LogP contribution in [0.3, 0.4) is 0 Å². The summed E-state index contributed by atoms with van der Waals surface area (Å²) in [4.78, 5) is 27.6. The molecule has 0 spiro atoms. The number of aliphatic imine (C=N–C) groups is 1. The molecule has 0 heterocycles. The van der Waals surface area contributed by atoms with Gasteiger partial charge in [-0.25, -0.2) is 4.79 Å². The first-order valence-corrected chi connectivity index (χ1v) is 7.16. The van der Waals surface area contributed by atoms with Crippen molar-refractivity contribution in [2.75, 3.05) is 13.2 Å². The van der Waals surface area contributed by atoms with Crippen molar-refractivity contribution in [3.8, 4) is 0 Å². The Balaban J connectivity index is 2.77. The van der Waals surface area contributed by atoms with Crippen LogP contribution in [0.2, 0.25) is 0 Å². The van der Waals surface area contributed by atoms with Crippen molar-refractivity contribution in [2.24, 2.45) is 10.7 Å². The van der Waals surface area contributed by atoms with Crippen molar-refractivity contribution < 1.29 is 19.1 Å². The minimum atomic E-state index is -0.532. The minimum Gasteiger partial charge on any atom is -0.461 e. The number of carbonyl (C=O) groups is 2. The van der Waals surface area contributed by atoms with Crippen LogP contribution in [0.25, 0.3) is 0 Å². The lowest BCUT2D eigenvalue weighted by Crippen LogP contribution is -2.25. The molecule has 118 valence electrons. The molecule has 0 aromatic carbocycles. The summed E-state index contributed by atoms with van der Waals surface area (Å²) >= 11 is 0. The zero-order valence-electron chi connectivity index (χ0n) is 13.2. The quantitative estimate of drug-likeness (QED) is 0.630. The molecule has 1 fully saturated rings. The first-order valence-electron chi connectivity index (χ1n) is 7.16. The molecule has 0 aromatic heterocycles. The normalized spacial score (nSPS) is 19.5. The van der Waals surface area contributed by atoms with Gasteiger partial charge in [-0.1, -0.05) is 0 Å². The van der Waals surface area contributed by atoms with E-state index < -0.39 is 17.5 Å². The summed E-state index contributed by atoms with van der Waals surface area (Å²) in [6.07, 6.45) is 2.25. The van der Waals surface area contributed by atoms with E-state index in [0.717, 1.165) is 6.42 Å². The molecule has 2 N–H and O–H groups in total. The maximum atomic E-state index is 11.7. The molecule has 1 rings (SSSR count). The van der Waals surface area contributed by atoms with Gasteiger partial charge in [0.1, 0.15) is 17.8 Å². The molecule has 0 unspecified atom stereocenters. The monoisotopic (exact) mass is 296 g/mol. The van der Waals surface area contributed by atoms with Crippen LogP contribution >= 0.6 is 0 Å². The minimum absolute atomic E-state index is 0.0633. The first kappa shape index (κ1) is 17.2. The Labute approximate surface area is 125 Å². The summed E-state index contributed by atoms with van der Waals surface area (Å²) in [5.74, 6) is -0.921. The molecule has 0 aliphatic heterocycles. The molecule has 6 heteroatoms. The molecular weight excluding hydrogens is 272 g/mol. The fourth-order valence-corrected chi connectivity index (χ4v) is 2.06. The highest BCUT2D eigenvalue weighted by molar-refractivity contribution is 6.08. The second kappa shape index (κ2) is 7.24. The van der Waals surface area contributed by atoms with Gasteiger partial charge in [0.05, 0.1) is 6.61 Å². The third kappa shape index (κ3) is 5.57. The average Bonchev–Trinajstić information content (AvgIpc) is 2.81. The predicted molar refractivity (Wildman–Crippen MR) is 79.8 cm³/mol. The molecule has 21 heavy (non-hydrogen) atoms. The van der Waals surface area contributed by atoms with Gasteiger partial charge in [-0.3, -0.25) is 9.79 Å². The van der Waals surface area contributed by atoms with Crippen LogP contribution in [-0.4, -0.2) is 36.4 Å². The summed E-state index contributed by atoms with van der Waals surface area (Å²) in [7, 11) is 0. The van der Waals surface area contributed by atoms with Crippen molar-refractivity contribution in [3.05, 3.63) is 11.3 Å². The molecule has 1 aliphatic carbocycles. The lowest BCUT2D eigenvalue weighted by molar-refractivity contribution is -0.152. The predicted octanol–water partition coefficient (Wildman–Crippen LogP) is 1.73. The van der Waals surface area contributed by atoms with E-state index in [-0.39, 0.29) is 18.8 Å². The number of ether oxygens (including phenoxy) is 2. The second-order valence-electron chi connectivity index (χ2n) is 5.82. The van der Waals surface area contributed by atoms with Gasteiger partial charge in [-0.05, 0) is 47.0 Å². The van der Waals surface area contributed by atoms with Gasteiger partial charge in [0, 0.05) is 11.3 Å². The zero-order chi connectivity index (χ0) is 16.0. The van der Waals surface area contributed by atoms with Crippen LogP contribution in [0, 0.1) is 0 Å². The van der Waals surface area contributed by atoms with Gasteiger partial charge in [-0.15, -0.1) is 0 Å². The van der Waals surface area contributed by atoms with Gasteiger partial charge >= 0.3 is 11.9 Å². The third-order valence-electron chi connectivity index (χ3n) is 2.83. The zero-order valence-corrected chi connectivity index (χ0v) is 13.2. The Kier molecular flexibility index (Phi) is 5.93. The first-order chi connectivity index (χ1) is 9.74. The van der Waals surface area contributed by atoms with E-state index in [1.165, 1.54) is 0 Å². The molecule has 0 atom stereocenters. The van der Waals surface area contributed by atoms with E-state index in [4.69, 9.17) is 15.2 Å². The number of hydrogen-bond donors (Lipinski definition) is 1. The number of rotatable bonds is 4. The summed E-state index contributed by atoms with van der Waals surface area (Å²) in [6, 6.07) is 0. The highest BCUT2D eigenvalue weighted by Gasteiger charge is 2.23. The van der Waals surface area contributed by atoms with E-state index in [1.807, 2.05) is 0 Å². The van der Waals surface area contributed by atoms with Crippen molar-refractivity contribution >= 4 is 17.7 Å². The standard InChI is InChI=1S/C15H24N2O4/c1-5-20-14(19)13(16)10-7-6-8-11(10)17-9-12(18)21-15(2,3)4/h5-9,16H2,1-4H3. The Hall–Kier alpha value is -1.85. The number of carbonyl (C=O) groups excluding carboxylic acids is 2. The molecule has 0 aromatic rings. The molecule has 1 aliphatic rings. The van der Waals surface area contributed by atoms with Gasteiger partial charge < -0.3 is 15.2 Å². The lowest BCUT2D eigenvalue weighted by atomic mass is 10.1. The van der Waals surface area contributed by atoms with E-state index >= 15 is 0 Å². The van der Waals surface area contributed by atoms with Crippen LogP contribution in [0.4, 0.5) is 0 Å². The summed E-state index contributed by atoms with van der Waals surface area (Å²) in [5, 5.41) is 0. The van der Waals surface area contributed by atoms with E-state index in [2.05, 4.69) is 4.99 Å². The number of hydrogen-bond acceptors (Lipinski definition) is 6. The summed E-state index contributed by atoms with van der Waals surface area (Å²) < 4.78 is 10.1. The number of nitrogens with zero attached hydrogens (tertiary/aromatic N) is 1. The smallest absolute Gasteiger partial charge is 0.354 e. The number of allylic oxidation sites excluding steroid dienone is 1. The maximum absolute atomic E-state index is 11.7.